The molecule has 1 aromatic heterocycles. The van der Waals surface area contributed by atoms with Crippen molar-refractivity contribution in [3.8, 4) is 0 Å². The number of ether oxygens (including phenoxy) is 2. The van der Waals surface area contributed by atoms with Crippen LogP contribution in [0, 0.1) is 0 Å². The van der Waals surface area contributed by atoms with E-state index in [2.05, 4.69) is 34.9 Å². The van der Waals surface area contributed by atoms with E-state index in [1.54, 1.807) is 16.5 Å². The quantitative estimate of drug-likeness (QED) is 0.0874. The van der Waals surface area contributed by atoms with Crippen LogP contribution in [0.2, 0.25) is 0 Å². The van der Waals surface area contributed by atoms with Gasteiger partial charge in [0.15, 0.2) is 0 Å². The Hall–Kier alpha value is -5.60. The van der Waals surface area contributed by atoms with Crippen molar-refractivity contribution >= 4 is 46.3 Å². The normalized spacial score (nSPS) is 18.0. The van der Waals surface area contributed by atoms with Gasteiger partial charge in [-0.15, -0.1) is 0 Å². The maximum atomic E-state index is 13.6. The van der Waals surface area contributed by atoms with E-state index in [4.69, 9.17) is 15.2 Å². The number of amides is 5. The number of aryl methyl sites for hydroxylation is 4. The number of fused-ring (bicyclic) bond motifs is 1. The Morgan fingerprint density at radius 3 is 2.40 bits per heavy atom. The molecule has 0 radical (unpaired) electrons. The number of imidazole rings is 1. The van der Waals surface area contributed by atoms with Crippen molar-refractivity contribution in [2.45, 2.75) is 115 Å². The molecule has 4 aromatic rings. The Balaban J connectivity index is 0.785. The summed E-state index contributed by atoms with van der Waals surface area (Å²) in [5.74, 6) is -1.47. The number of carbonyl (C=O) groups is 5. The van der Waals surface area contributed by atoms with E-state index in [-0.39, 0.29) is 42.9 Å². The highest BCUT2D eigenvalue weighted by atomic mass is 16.5. The highest BCUT2D eigenvalue weighted by Gasteiger charge is 2.41. The number of carbonyl (C=O) groups excluding carboxylic acids is 5. The minimum Gasteiger partial charge on any atom is -0.381 e. The monoisotopic (exact) mass is 820 g/mol. The molecule has 3 aliphatic rings. The van der Waals surface area contributed by atoms with Crippen LogP contribution in [-0.2, 0) is 72.8 Å². The fraction of sp³-hybridized carbons (Fsp3) is 0.478. The zero-order valence-corrected chi connectivity index (χ0v) is 34.4. The third-order valence-electron chi connectivity index (χ3n) is 12.0. The Kier molecular flexibility index (Phi) is 13.9. The number of hydrogen-bond donors (Lipinski definition) is 3. The molecule has 1 fully saturated rings. The molecule has 14 heteroatoms. The number of aromatic nitrogens is 2. The molecule has 4 N–H and O–H groups in total. The predicted molar refractivity (Wildman–Crippen MR) is 226 cm³/mol. The number of anilines is 1. The molecule has 5 amide bonds. The summed E-state index contributed by atoms with van der Waals surface area (Å²) in [6.07, 6.45) is 9.13. The van der Waals surface area contributed by atoms with Gasteiger partial charge in [0.2, 0.25) is 29.5 Å². The van der Waals surface area contributed by atoms with E-state index in [0.717, 1.165) is 84.8 Å². The number of nitrogens with one attached hydrogen (secondary N) is 2. The van der Waals surface area contributed by atoms with E-state index in [1.165, 1.54) is 10.1 Å². The first kappa shape index (κ1) is 42.5. The lowest BCUT2D eigenvalue weighted by Gasteiger charge is -2.27. The van der Waals surface area contributed by atoms with Crippen molar-refractivity contribution in [3.63, 3.8) is 0 Å². The summed E-state index contributed by atoms with van der Waals surface area (Å²) in [5, 5.41) is 5.41. The fourth-order valence-electron chi connectivity index (χ4n) is 8.75. The molecular formula is C46H56N6O8. The summed E-state index contributed by atoms with van der Waals surface area (Å²) in [7, 11) is 1.70. The number of piperidine rings is 1. The molecule has 7 rings (SSSR count). The standard InChI is InChI=1S/C46H56N6O8/c1-50-38-26-31(18-20-36(38)51(46(50)58)37-21-23-41(54)49-44(37)56)9-7-25-59-24-4-2-3-8-30-14-16-32(17-15-30)28-60-29-35(19-22-40(47)53)48-45(57)39-27-34-12-5-10-33-11-6-13-42(55)52(39)43(33)34/h5,10,12,14-18,20,26,35,37,39H,2-4,6-9,11,13,19,21-25,27-29H2,1H3,(H2,47,53)(H,48,57)(H,49,54,56)/t35-,37?,39-/m0/s1. The van der Waals surface area contributed by atoms with Gasteiger partial charge in [0.05, 0.1) is 36.0 Å². The van der Waals surface area contributed by atoms with Crippen LogP contribution in [0.15, 0.2) is 65.5 Å². The van der Waals surface area contributed by atoms with E-state index in [0.29, 0.717) is 51.0 Å². The van der Waals surface area contributed by atoms with Gasteiger partial charge in [-0.05, 0) is 97.7 Å². The van der Waals surface area contributed by atoms with E-state index in [1.807, 2.05) is 36.4 Å². The van der Waals surface area contributed by atoms with Gasteiger partial charge in [0.1, 0.15) is 12.1 Å². The number of hydrogen-bond acceptors (Lipinski definition) is 8. The molecule has 14 nitrogen and oxygen atoms in total. The second kappa shape index (κ2) is 19.6. The minimum atomic E-state index is -0.693. The van der Waals surface area contributed by atoms with Crippen molar-refractivity contribution in [2.24, 2.45) is 12.8 Å². The molecule has 3 aliphatic heterocycles. The molecule has 1 unspecified atom stereocenters. The van der Waals surface area contributed by atoms with Gasteiger partial charge in [-0.25, -0.2) is 4.79 Å². The van der Waals surface area contributed by atoms with Crippen LogP contribution in [0.5, 0.6) is 0 Å². The average Bonchev–Trinajstić information content (AvgIpc) is 3.68. The predicted octanol–water partition coefficient (Wildman–Crippen LogP) is 4.24. The second-order valence-corrected chi connectivity index (χ2v) is 16.3. The molecule has 318 valence electrons. The van der Waals surface area contributed by atoms with Gasteiger partial charge >= 0.3 is 5.69 Å². The molecule has 0 spiro atoms. The summed E-state index contributed by atoms with van der Waals surface area (Å²) >= 11 is 0. The SMILES string of the molecule is Cn1c(=O)n(C2CCC(=O)NC2=O)c2ccc(CCCOCCCCCc3ccc(COC[C@H](CCC(N)=O)NC(=O)[C@@H]4Cc5cccc6c5N4C(=O)CCC6)cc3)cc21. The van der Waals surface area contributed by atoms with Crippen molar-refractivity contribution in [1.29, 1.82) is 0 Å². The number of unbranched alkanes of at least 4 members (excludes halogenated alkanes) is 2. The van der Waals surface area contributed by atoms with E-state index < -0.39 is 29.9 Å². The number of benzene rings is 3. The van der Waals surface area contributed by atoms with Gasteiger partial charge in [0, 0.05) is 45.9 Å². The summed E-state index contributed by atoms with van der Waals surface area (Å²) in [5.41, 5.74) is 13.0. The summed E-state index contributed by atoms with van der Waals surface area (Å²) in [4.78, 5) is 77.2. The highest BCUT2D eigenvalue weighted by molar-refractivity contribution is 6.04. The van der Waals surface area contributed by atoms with Gasteiger partial charge in [-0.2, -0.15) is 0 Å². The number of imide groups is 1. The molecule has 0 aliphatic carbocycles. The topological polar surface area (TPSA) is 184 Å². The van der Waals surface area contributed by atoms with Gasteiger partial charge in [-0.1, -0.05) is 55.0 Å². The van der Waals surface area contributed by atoms with Crippen molar-refractivity contribution < 1.29 is 33.4 Å². The second-order valence-electron chi connectivity index (χ2n) is 16.3. The van der Waals surface area contributed by atoms with Crippen LogP contribution in [0.25, 0.3) is 11.0 Å². The number of primary amides is 1. The lowest BCUT2D eigenvalue weighted by Crippen LogP contribution is -2.51. The molecule has 3 atom stereocenters. The Labute approximate surface area is 349 Å². The molecule has 0 saturated carbocycles. The van der Waals surface area contributed by atoms with Crippen LogP contribution < -0.4 is 27.0 Å². The number of para-hydroxylation sites is 1. The maximum Gasteiger partial charge on any atom is 0.329 e. The van der Waals surface area contributed by atoms with Crippen LogP contribution in [-0.4, -0.2) is 70.6 Å². The lowest BCUT2D eigenvalue weighted by molar-refractivity contribution is -0.135. The summed E-state index contributed by atoms with van der Waals surface area (Å²) in [6.45, 7) is 1.91. The van der Waals surface area contributed by atoms with Crippen LogP contribution in [0.3, 0.4) is 0 Å². The van der Waals surface area contributed by atoms with Crippen LogP contribution >= 0.6 is 0 Å². The highest BCUT2D eigenvalue weighted by Crippen LogP contribution is 2.39. The average molecular weight is 821 g/mol. The smallest absolute Gasteiger partial charge is 0.329 e. The van der Waals surface area contributed by atoms with E-state index >= 15 is 0 Å². The third-order valence-corrected chi connectivity index (χ3v) is 12.0. The minimum absolute atomic E-state index is 0.0310. The molecule has 1 saturated heterocycles. The van der Waals surface area contributed by atoms with Crippen molar-refractivity contribution in [2.75, 3.05) is 24.7 Å². The Bertz CT molecular complexity index is 2280. The first-order chi connectivity index (χ1) is 29.1. The molecule has 3 aromatic carbocycles. The molecule has 4 heterocycles. The third kappa shape index (κ3) is 10.0. The first-order valence-electron chi connectivity index (χ1n) is 21.4. The number of nitrogens with zero attached hydrogens (tertiary/aromatic N) is 3. The fourth-order valence-corrected chi connectivity index (χ4v) is 8.75. The zero-order chi connectivity index (χ0) is 42.2. The van der Waals surface area contributed by atoms with Crippen molar-refractivity contribution in [1.82, 2.24) is 19.8 Å². The Morgan fingerprint density at radius 2 is 1.60 bits per heavy atom. The van der Waals surface area contributed by atoms with Gasteiger partial charge < -0.3 is 20.5 Å². The first-order valence-corrected chi connectivity index (χ1v) is 21.4. The van der Waals surface area contributed by atoms with Gasteiger partial charge in [-0.3, -0.25) is 43.3 Å². The summed E-state index contributed by atoms with van der Waals surface area (Å²) in [6, 6.07) is 18.5. The zero-order valence-electron chi connectivity index (χ0n) is 34.4. The largest absolute Gasteiger partial charge is 0.381 e. The lowest BCUT2D eigenvalue weighted by atomic mass is 10.0. The van der Waals surface area contributed by atoms with Crippen LogP contribution in [0.4, 0.5) is 5.69 Å². The molecule has 60 heavy (non-hydrogen) atoms. The summed E-state index contributed by atoms with van der Waals surface area (Å²) < 4.78 is 15.0. The number of nitrogens with two attached hydrogens (primary N) is 1. The van der Waals surface area contributed by atoms with Crippen LogP contribution in [0.1, 0.15) is 98.1 Å². The Morgan fingerprint density at radius 1 is 0.850 bits per heavy atom. The van der Waals surface area contributed by atoms with Gasteiger partial charge in [0.25, 0.3) is 0 Å². The number of rotatable bonds is 20. The van der Waals surface area contributed by atoms with E-state index in [9.17, 15) is 28.8 Å². The maximum absolute atomic E-state index is 13.6. The van der Waals surface area contributed by atoms with Crippen molar-refractivity contribution in [3.05, 3.63) is 99.0 Å². The molecular weight excluding hydrogens is 765 g/mol. The molecule has 0 bridgehead atoms.